The number of nitrogens with one attached hydrogen (secondary N) is 1. The van der Waals surface area contributed by atoms with Gasteiger partial charge in [0.2, 0.25) is 0 Å². The lowest BCUT2D eigenvalue weighted by molar-refractivity contribution is 0.144. The summed E-state index contributed by atoms with van der Waals surface area (Å²) >= 11 is 0. The van der Waals surface area contributed by atoms with Crippen molar-refractivity contribution >= 4 is 5.69 Å². The van der Waals surface area contributed by atoms with Crippen LogP contribution in [0.3, 0.4) is 0 Å². The van der Waals surface area contributed by atoms with Gasteiger partial charge in [-0.25, -0.2) is 4.39 Å². The van der Waals surface area contributed by atoms with Gasteiger partial charge in [-0.05, 0) is 18.6 Å². The molecule has 0 spiro atoms. The largest absolute Gasteiger partial charge is 0.380 e. The van der Waals surface area contributed by atoms with E-state index >= 15 is 0 Å². The Labute approximate surface area is 84.1 Å². The second-order valence-electron chi connectivity index (χ2n) is 3.02. The minimum Gasteiger partial charge on any atom is -0.380 e. The minimum atomic E-state index is -0.219. The van der Waals surface area contributed by atoms with E-state index < -0.39 is 0 Å². The fraction of sp³-hybridized carbons (Fsp3) is 0.455. The van der Waals surface area contributed by atoms with Gasteiger partial charge in [0, 0.05) is 13.2 Å². The van der Waals surface area contributed by atoms with Gasteiger partial charge in [-0.15, -0.1) is 0 Å². The number of rotatable bonds is 6. The van der Waals surface area contributed by atoms with Crippen LogP contribution >= 0.6 is 0 Å². The zero-order chi connectivity index (χ0) is 10.2. The Bertz CT molecular complexity index is 265. The molecule has 3 heteroatoms. The van der Waals surface area contributed by atoms with Crippen molar-refractivity contribution in [2.75, 3.05) is 25.1 Å². The number of hydrogen-bond donors (Lipinski definition) is 1. The van der Waals surface area contributed by atoms with Gasteiger partial charge in [0.15, 0.2) is 0 Å². The molecular formula is C11H16FNO. The van der Waals surface area contributed by atoms with E-state index in [-0.39, 0.29) is 5.82 Å². The Balaban J connectivity index is 2.21. The average molecular weight is 197 g/mol. The summed E-state index contributed by atoms with van der Waals surface area (Å²) in [6.07, 6.45) is 1.01. The Kier molecular flexibility index (Phi) is 5.00. The lowest BCUT2D eigenvalue weighted by Gasteiger charge is -2.07. The summed E-state index contributed by atoms with van der Waals surface area (Å²) in [7, 11) is 0. The van der Waals surface area contributed by atoms with E-state index in [2.05, 4.69) is 12.2 Å². The molecule has 2 nitrogen and oxygen atoms in total. The van der Waals surface area contributed by atoms with Crippen molar-refractivity contribution in [3.63, 3.8) is 0 Å². The fourth-order valence-corrected chi connectivity index (χ4v) is 1.11. The van der Waals surface area contributed by atoms with Crippen molar-refractivity contribution in [3.05, 3.63) is 30.1 Å². The molecule has 0 aliphatic rings. The van der Waals surface area contributed by atoms with Crippen molar-refractivity contribution < 1.29 is 9.13 Å². The van der Waals surface area contributed by atoms with Gasteiger partial charge in [-0.1, -0.05) is 19.1 Å². The standard InChI is InChI=1S/C11H16FNO/c1-2-8-14-9-7-13-11-6-4-3-5-10(11)12/h3-6,13H,2,7-9H2,1H3. The summed E-state index contributed by atoms with van der Waals surface area (Å²) in [4.78, 5) is 0. The van der Waals surface area contributed by atoms with Gasteiger partial charge >= 0.3 is 0 Å². The van der Waals surface area contributed by atoms with Gasteiger partial charge in [0.1, 0.15) is 5.82 Å². The molecule has 0 unspecified atom stereocenters. The monoisotopic (exact) mass is 197 g/mol. The van der Waals surface area contributed by atoms with Crippen molar-refractivity contribution in [2.24, 2.45) is 0 Å². The maximum atomic E-state index is 13.1. The first-order chi connectivity index (χ1) is 6.84. The van der Waals surface area contributed by atoms with Crippen LogP contribution in [0.5, 0.6) is 0 Å². The van der Waals surface area contributed by atoms with Crippen LogP contribution in [0.15, 0.2) is 24.3 Å². The molecule has 0 heterocycles. The van der Waals surface area contributed by atoms with E-state index in [4.69, 9.17) is 4.74 Å². The smallest absolute Gasteiger partial charge is 0.146 e. The van der Waals surface area contributed by atoms with Crippen LogP contribution in [0.4, 0.5) is 10.1 Å². The average Bonchev–Trinajstić information content (AvgIpc) is 2.20. The molecular weight excluding hydrogens is 181 g/mol. The van der Waals surface area contributed by atoms with Crippen LogP contribution < -0.4 is 5.32 Å². The Morgan fingerprint density at radius 1 is 1.29 bits per heavy atom. The quantitative estimate of drug-likeness (QED) is 0.708. The van der Waals surface area contributed by atoms with Gasteiger partial charge in [0.05, 0.1) is 12.3 Å². The molecule has 0 radical (unpaired) electrons. The third-order valence-corrected chi connectivity index (χ3v) is 1.78. The van der Waals surface area contributed by atoms with Crippen LogP contribution in [0, 0.1) is 5.82 Å². The lowest BCUT2D eigenvalue weighted by atomic mass is 10.3. The Hall–Kier alpha value is -1.09. The van der Waals surface area contributed by atoms with Crippen LogP contribution in [0.2, 0.25) is 0 Å². The van der Waals surface area contributed by atoms with Crippen molar-refractivity contribution in [2.45, 2.75) is 13.3 Å². The summed E-state index contributed by atoms with van der Waals surface area (Å²) in [6.45, 7) is 4.08. The molecule has 0 bridgehead atoms. The van der Waals surface area contributed by atoms with E-state index in [0.717, 1.165) is 13.0 Å². The highest BCUT2D eigenvalue weighted by atomic mass is 19.1. The highest BCUT2D eigenvalue weighted by Crippen LogP contribution is 2.11. The predicted octanol–water partition coefficient (Wildman–Crippen LogP) is 2.66. The minimum absolute atomic E-state index is 0.219. The van der Waals surface area contributed by atoms with Gasteiger partial charge in [-0.2, -0.15) is 0 Å². The molecule has 0 saturated carbocycles. The summed E-state index contributed by atoms with van der Waals surface area (Å²) in [5.41, 5.74) is 0.535. The molecule has 1 aromatic carbocycles. The maximum Gasteiger partial charge on any atom is 0.146 e. The third-order valence-electron chi connectivity index (χ3n) is 1.78. The molecule has 0 aliphatic heterocycles. The first-order valence-electron chi connectivity index (χ1n) is 4.90. The molecule has 14 heavy (non-hydrogen) atoms. The number of hydrogen-bond acceptors (Lipinski definition) is 2. The Morgan fingerprint density at radius 2 is 2.07 bits per heavy atom. The summed E-state index contributed by atoms with van der Waals surface area (Å²) in [5, 5.41) is 2.97. The molecule has 0 atom stereocenters. The molecule has 0 fully saturated rings. The van der Waals surface area contributed by atoms with Gasteiger partial charge in [-0.3, -0.25) is 0 Å². The highest BCUT2D eigenvalue weighted by Gasteiger charge is 1.97. The third kappa shape index (κ3) is 3.75. The summed E-state index contributed by atoms with van der Waals surface area (Å²) < 4.78 is 18.3. The van der Waals surface area contributed by atoms with E-state index in [0.29, 0.717) is 18.8 Å². The normalized spacial score (nSPS) is 10.1. The van der Waals surface area contributed by atoms with E-state index in [9.17, 15) is 4.39 Å². The van der Waals surface area contributed by atoms with E-state index in [1.54, 1.807) is 18.2 Å². The van der Waals surface area contributed by atoms with Crippen LogP contribution in [-0.4, -0.2) is 19.8 Å². The van der Waals surface area contributed by atoms with Gasteiger partial charge in [0.25, 0.3) is 0 Å². The highest BCUT2D eigenvalue weighted by molar-refractivity contribution is 5.44. The second-order valence-corrected chi connectivity index (χ2v) is 3.02. The topological polar surface area (TPSA) is 21.3 Å². The van der Waals surface area contributed by atoms with Gasteiger partial charge < -0.3 is 10.1 Å². The van der Waals surface area contributed by atoms with Crippen LogP contribution in [-0.2, 0) is 4.74 Å². The Morgan fingerprint density at radius 3 is 2.79 bits per heavy atom. The van der Waals surface area contributed by atoms with Crippen molar-refractivity contribution in [3.8, 4) is 0 Å². The van der Waals surface area contributed by atoms with E-state index in [1.807, 2.05) is 0 Å². The number of ether oxygens (including phenoxy) is 1. The summed E-state index contributed by atoms with van der Waals surface area (Å²) in [5.74, 6) is -0.219. The van der Waals surface area contributed by atoms with Crippen molar-refractivity contribution in [1.82, 2.24) is 0 Å². The zero-order valence-electron chi connectivity index (χ0n) is 8.42. The molecule has 0 amide bonds. The van der Waals surface area contributed by atoms with E-state index in [1.165, 1.54) is 6.07 Å². The first-order valence-corrected chi connectivity index (χ1v) is 4.90. The van der Waals surface area contributed by atoms with Crippen LogP contribution in [0.1, 0.15) is 13.3 Å². The number of halogens is 1. The molecule has 1 rings (SSSR count). The summed E-state index contributed by atoms with van der Waals surface area (Å²) in [6, 6.07) is 6.64. The van der Waals surface area contributed by atoms with Crippen LogP contribution in [0.25, 0.3) is 0 Å². The predicted molar refractivity (Wildman–Crippen MR) is 56.0 cm³/mol. The second kappa shape index (κ2) is 6.38. The fourth-order valence-electron chi connectivity index (χ4n) is 1.11. The maximum absolute atomic E-state index is 13.1. The first kappa shape index (κ1) is 11.0. The molecule has 0 aliphatic carbocycles. The molecule has 1 aromatic rings. The molecule has 0 saturated heterocycles. The number of anilines is 1. The number of para-hydroxylation sites is 1. The zero-order valence-corrected chi connectivity index (χ0v) is 8.42. The molecule has 0 aromatic heterocycles. The van der Waals surface area contributed by atoms with Crippen molar-refractivity contribution in [1.29, 1.82) is 0 Å². The number of benzene rings is 1. The SMILES string of the molecule is CCCOCCNc1ccccc1F. The molecule has 78 valence electrons. The molecule has 1 N–H and O–H groups in total. The lowest BCUT2D eigenvalue weighted by Crippen LogP contribution is -2.10.